The predicted octanol–water partition coefficient (Wildman–Crippen LogP) is 3.30. The average Bonchev–Trinajstić information content (AvgIpc) is 3.02. The number of anilines is 1. The van der Waals surface area contributed by atoms with Crippen LogP contribution in [-0.2, 0) is 19.1 Å². The predicted molar refractivity (Wildman–Crippen MR) is 105 cm³/mol. The first kappa shape index (κ1) is 21.3. The number of ketones is 1. The van der Waals surface area contributed by atoms with Gasteiger partial charge in [-0.25, -0.2) is 4.79 Å². The van der Waals surface area contributed by atoms with Crippen LogP contribution in [-0.4, -0.2) is 37.3 Å². The van der Waals surface area contributed by atoms with E-state index in [1.54, 1.807) is 0 Å². The Balaban J connectivity index is 1.74. The summed E-state index contributed by atoms with van der Waals surface area (Å²) in [7, 11) is 1.28. The molecule has 0 aliphatic rings. The standard InChI is InChI=1S/C20H21NO6S/c1-12-10-16(13(2)28-12)17(22)8-9-19(24)27-11-18(23)21-15-6-4-14(5-7-15)20(25)26-3/h4-7,10H,8-9,11H2,1-3H3,(H,21,23). The van der Waals surface area contributed by atoms with Gasteiger partial charge in [0.05, 0.1) is 19.1 Å². The fraction of sp³-hybridized carbons (Fsp3) is 0.300. The van der Waals surface area contributed by atoms with E-state index in [0.29, 0.717) is 16.8 Å². The number of nitrogens with one attached hydrogen (secondary N) is 1. The second-order valence-corrected chi connectivity index (χ2v) is 7.49. The minimum Gasteiger partial charge on any atom is -0.465 e. The van der Waals surface area contributed by atoms with Gasteiger partial charge in [0.1, 0.15) is 0 Å². The third-order valence-electron chi connectivity index (χ3n) is 3.85. The van der Waals surface area contributed by atoms with Crippen LogP contribution in [0.1, 0.15) is 43.3 Å². The van der Waals surface area contributed by atoms with E-state index >= 15 is 0 Å². The number of hydrogen-bond donors (Lipinski definition) is 1. The van der Waals surface area contributed by atoms with E-state index in [0.717, 1.165) is 9.75 Å². The van der Waals surface area contributed by atoms with Gasteiger partial charge in [-0.2, -0.15) is 0 Å². The van der Waals surface area contributed by atoms with Crippen molar-refractivity contribution >= 4 is 40.7 Å². The lowest BCUT2D eigenvalue weighted by Crippen LogP contribution is -2.21. The van der Waals surface area contributed by atoms with Crippen molar-refractivity contribution in [2.45, 2.75) is 26.7 Å². The van der Waals surface area contributed by atoms with Crippen LogP contribution in [0.15, 0.2) is 30.3 Å². The van der Waals surface area contributed by atoms with E-state index in [4.69, 9.17) is 4.74 Å². The van der Waals surface area contributed by atoms with E-state index < -0.39 is 24.5 Å². The summed E-state index contributed by atoms with van der Waals surface area (Å²) in [6.45, 7) is 3.33. The zero-order chi connectivity index (χ0) is 20.7. The van der Waals surface area contributed by atoms with Crippen LogP contribution in [0.5, 0.6) is 0 Å². The van der Waals surface area contributed by atoms with Gasteiger partial charge < -0.3 is 14.8 Å². The Labute approximate surface area is 166 Å². The molecule has 1 N–H and O–H groups in total. The Bertz CT molecular complexity index is 885. The van der Waals surface area contributed by atoms with Crippen LogP contribution in [0.3, 0.4) is 0 Å². The molecular weight excluding hydrogens is 382 g/mol. The number of rotatable bonds is 8. The molecule has 1 aromatic heterocycles. The van der Waals surface area contributed by atoms with Crippen molar-refractivity contribution in [1.29, 1.82) is 0 Å². The number of aryl methyl sites for hydroxylation is 2. The lowest BCUT2D eigenvalue weighted by Gasteiger charge is -2.07. The molecule has 28 heavy (non-hydrogen) atoms. The van der Waals surface area contributed by atoms with Gasteiger partial charge in [-0.05, 0) is 44.2 Å². The molecule has 0 spiro atoms. The molecule has 0 saturated carbocycles. The van der Waals surface area contributed by atoms with Crippen molar-refractivity contribution in [3.8, 4) is 0 Å². The Hall–Kier alpha value is -3.00. The normalized spacial score (nSPS) is 10.2. The first-order valence-corrected chi connectivity index (χ1v) is 9.36. The van der Waals surface area contributed by atoms with Crippen LogP contribution in [0.2, 0.25) is 0 Å². The molecule has 0 atom stereocenters. The first-order chi connectivity index (χ1) is 13.3. The number of carbonyl (C=O) groups is 4. The second kappa shape index (κ2) is 9.80. The third kappa shape index (κ3) is 6.02. The fourth-order valence-corrected chi connectivity index (χ4v) is 3.42. The number of hydrogen-bond acceptors (Lipinski definition) is 7. The molecule has 0 fully saturated rings. The van der Waals surface area contributed by atoms with Crippen molar-refractivity contribution in [1.82, 2.24) is 0 Å². The van der Waals surface area contributed by atoms with Gasteiger partial charge >= 0.3 is 11.9 Å². The van der Waals surface area contributed by atoms with Crippen molar-refractivity contribution in [2.75, 3.05) is 19.0 Å². The first-order valence-electron chi connectivity index (χ1n) is 8.54. The number of esters is 2. The van der Waals surface area contributed by atoms with E-state index in [-0.39, 0.29) is 18.6 Å². The minimum absolute atomic E-state index is 0.0342. The molecule has 0 aliphatic carbocycles. The van der Waals surface area contributed by atoms with Crippen molar-refractivity contribution in [3.63, 3.8) is 0 Å². The number of amides is 1. The topological polar surface area (TPSA) is 98.8 Å². The van der Waals surface area contributed by atoms with E-state index in [9.17, 15) is 19.2 Å². The summed E-state index contributed by atoms with van der Waals surface area (Å²) in [6.07, 6.45) is -0.0548. The maximum Gasteiger partial charge on any atom is 0.337 e. The van der Waals surface area contributed by atoms with Crippen molar-refractivity contribution in [3.05, 3.63) is 51.2 Å². The molecule has 1 amide bonds. The Morgan fingerprint density at radius 2 is 1.71 bits per heavy atom. The number of methoxy groups -OCH3 is 1. The van der Waals surface area contributed by atoms with Gasteiger partial charge in [0.15, 0.2) is 12.4 Å². The molecule has 0 saturated heterocycles. The quantitative estimate of drug-likeness (QED) is 0.536. The van der Waals surface area contributed by atoms with E-state index in [1.165, 1.54) is 42.7 Å². The number of Topliss-reactive ketones (excluding diaryl/α,β-unsaturated/α-hetero) is 1. The molecule has 0 aliphatic heterocycles. The van der Waals surface area contributed by atoms with Crippen molar-refractivity contribution < 1.29 is 28.7 Å². The number of thiophene rings is 1. The van der Waals surface area contributed by atoms with Crippen LogP contribution in [0.25, 0.3) is 0 Å². The summed E-state index contributed by atoms with van der Waals surface area (Å²) in [5.74, 6) is -1.73. The fourth-order valence-electron chi connectivity index (χ4n) is 2.48. The van der Waals surface area contributed by atoms with E-state index in [2.05, 4.69) is 10.1 Å². The maximum absolute atomic E-state index is 12.1. The SMILES string of the molecule is COC(=O)c1ccc(NC(=O)COC(=O)CCC(=O)c2cc(C)sc2C)cc1. The highest BCUT2D eigenvalue weighted by Crippen LogP contribution is 2.22. The number of ether oxygens (including phenoxy) is 2. The van der Waals surface area contributed by atoms with Crippen LogP contribution < -0.4 is 5.32 Å². The van der Waals surface area contributed by atoms with E-state index in [1.807, 2.05) is 19.9 Å². The van der Waals surface area contributed by atoms with Gasteiger partial charge in [-0.3, -0.25) is 14.4 Å². The molecule has 7 nitrogen and oxygen atoms in total. The highest BCUT2D eigenvalue weighted by molar-refractivity contribution is 7.12. The molecule has 1 heterocycles. The second-order valence-electron chi connectivity index (χ2n) is 6.03. The smallest absolute Gasteiger partial charge is 0.337 e. The van der Waals surface area contributed by atoms with Crippen molar-refractivity contribution in [2.24, 2.45) is 0 Å². The molecule has 8 heteroatoms. The van der Waals surface area contributed by atoms with Gasteiger partial charge in [0.2, 0.25) is 0 Å². The van der Waals surface area contributed by atoms with Gasteiger partial charge in [0.25, 0.3) is 5.91 Å². The van der Waals surface area contributed by atoms with Crippen LogP contribution in [0, 0.1) is 13.8 Å². The molecule has 2 rings (SSSR count). The van der Waals surface area contributed by atoms with Gasteiger partial charge in [0, 0.05) is 27.4 Å². The summed E-state index contributed by atoms with van der Waals surface area (Å²) >= 11 is 1.53. The summed E-state index contributed by atoms with van der Waals surface area (Å²) in [5, 5.41) is 2.55. The summed E-state index contributed by atoms with van der Waals surface area (Å²) < 4.78 is 9.49. The Morgan fingerprint density at radius 1 is 1.04 bits per heavy atom. The Morgan fingerprint density at radius 3 is 2.29 bits per heavy atom. The maximum atomic E-state index is 12.1. The van der Waals surface area contributed by atoms with Crippen LogP contribution >= 0.6 is 11.3 Å². The lowest BCUT2D eigenvalue weighted by atomic mass is 10.1. The summed E-state index contributed by atoms with van der Waals surface area (Å²) in [6, 6.07) is 7.90. The van der Waals surface area contributed by atoms with Gasteiger partial charge in [-0.1, -0.05) is 0 Å². The van der Waals surface area contributed by atoms with Crippen LogP contribution in [0.4, 0.5) is 5.69 Å². The number of carbonyl (C=O) groups excluding carboxylic acids is 4. The average molecular weight is 403 g/mol. The molecule has 0 unspecified atom stereocenters. The van der Waals surface area contributed by atoms with Gasteiger partial charge in [-0.15, -0.1) is 11.3 Å². The molecular formula is C20H21NO6S. The Kier molecular flexibility index (Phi) is 7.45. The number of benzene rings is 1. The zero-order valence-electron chi connectivity index (χ0n) is 15.9. The highest BCUT2D eigenvalue weighted by Gasteiger charge is 2.15. The molecule has 2 aromatic rings. The summed E-state index contributed by atoms with van der Waals surface area (Å²) in [5.41, 5.74) is 1.43. The monoisotopic (exact) mass is 403 g/mol. The minimum atomic E-state index is -0.617. The zero-order valence-corrected chi connectivity index (χ0v) is 16.7. The molecule has 0 bridgehead atoms. The lowest BCUT2D eigenvalue weighted by molar-refractivity contribution is -0.147. The molecule has 148 valence electrons. The molecule has 0 radical (unpaired) electrons. The third-order valence-corrected chi connectivity index (χ3v) is 4.82. The summed E-state index contributed by atoms with van der Waals surface area (Å²) in [4.78, 5) is 49.1. The largest absolute Gasteiger partial charge is 0.465 e. The molecule has 1 aromatic carbocycles. The highest BCUT2D eigenvalue weighted by atomic mass is 32.1.